The Balaban J connectivity index is 4.66. The molecule has 0 aliphatic heterocycles. The first-order chi connectivity index (χ1) is 6.87. The lowest BCUT2D eigenvalue weighted by molar-refractivity contribution is 0.339. The average molecular weight is 237 g/mol. The van der Waals surface area contributed by atoms with Gasteiger partial charge in [0, 0.05) is 26.2 Å². The maximum Gasteiger partial charge on any atom is 0.281 e. The van der Waals surface area contributed by atoms with Crippen molar-refractivity contribution in [2.24, 2.45) is 5.73 Å². The highest BCUT2D eigenvalue weighted by Crippen LogP contribution is 2.09. The van der Waals surface area contributed by atoms with Crippen molar-refractivity contribution < 1.29 is 8.42 Å². The van der Waals surface area contributed by atoms with E-state index in [0.717, 1.165) is 0 Å². The zero-order valence-corrected chi connectivity index (χ0v) is 10.9. The van der Waals surface area contributed by atoms with Gasteiger partial charge in [-0.15, -0.1) is 0 Å². The topological polar surface area (TPSA) is 66.6 Å². The second kappa shape index (κ2) is 6.42. The van der Waals surface area contributed by atoms with Crippen LogP contribution in [-0.4, -0.2) is 49.8 Å². The summed E-state index contributed by atoms with van der Waals surface area (Å²) < 4.78 is 26.9. The predicted molar refractivity (Wildman–Crippen MR) is 62.7 cm³/mol. The van der Waals surface area contributed by atoms with Crippen LogP contribution in [0.2, 0.25) is 0 Å². The molecule has 92 valence electrons. The van der Waals surface area contributed by atoms with Crippen LogP contribution in [0.25, 0.3) is 0 Å². The first kappa shape index (κ1) is 14.8. The van der Waals surface area contributed by atoms with Crippen molar-refractivity contribution in [3.63, 3.8) is 0 Å². The lowest BCUT2D eigenvalue weighted by atomic mass is 10.4. The zero-order valence-electron chi connectivity index (χ0n) is 10.1. The van der Waals surface area contributed by atoms with Gasteiger partial charge in [0.2, 0.25) is 0 Å². The number of hydrogen-bond acceptors (Lipinski definition) is 3. The van der Waals surface area contributed by atoms with E-state index < -0.39 is 10.2 Å². The summed E-state index contributed by atoms with van der Waals surface area (Å²) in [5, 5.41) is 0. The predicted octanol–water partition coefficient (Wildman–Crippen LogP) is 0.242. The summed E-state index contributed by atoms with van der Waals surface area (Å²) in [5.41, 5.74) is 5.38. The van der Waals surface area contributed by atoms with Gasteiger partial charge in [-0.1, -0.05) is 6.92 Å². The standard InChI is InChI=1S/C9H23N3O2S/c1-5-12(8-6-7-10)15(13,14)11(4)9(2)3/h9H,5-8,10H2,1-4H3. The fourth-order valence-corrected chi connectivity index (χ4v) is 2.74. The molecule has 0 aromatic carbocycles. The van der Waals surface area contributed by atoms with Gasteiger partial charge in [0.1, 0.15) is 0 Å². The lowest BCUT2D eigenvalue weighted by Crippen LogP contribution is -2.45. The van der Waals surface area contributed by atoms with Gasteiger partial charge in [-0.25, -0.2) is 0 Å². The highest BCUT2D eigenvalue weighted by molar-refractivity contribution is 7.86. The van der Waals surface area contributed by atoms with E-state index in [2.05, 4.69) is 0 Å². The van der Waals surface area contributed by atoms with E-state index in [-0.39, 0.29) is 6.04 Å². The average Bonchev–Trinajstić information content (AvgIpc) is 2.17. The molecule has 0 rings (SSSR count). The van der Waals surface area contributed by atoms with Crippen LogP contribution < -0.4 is 5.73 Å². The Morgan fingerprint density at radius 1 is 1.33 bits per heavy atom. The molecule has 0 bridgehead atoms. The Morgan fingerprint density at radius 2 is 1.87 bits per heavy atom. The minimum Gasteiger partial charge on any atom is -0.330 e. The maximum atomic E-state index is 12.0. The number of rotatable bonds is 7. The molecule has 0 atom stereocenters. The van der Waals surface area contributed by atoms with Crippen LogP contribution in [0.15, 0.2) is 0 Å². The molecular weight excluding hydrogens is 214 g/mol. The molecule has 0 spiro atoms. The van der Waals surface area contributed by atoms with E-state index in [1.807, 2.05) is 20.8 Å². The van der Waals surface area contributed by atoms with E-state index in [4.69, 9.17) is 5.73 Å². The van der Waals surface area contributed by atoms with Crippen molar-refractivity contribution in [3.8, 4) is 0 Å². The van der Waals surface area contributed by atoms with E-state index >= 15 is 0 Å². The zero-order chi connectivity index (χ0) is 12.1. The molecule has 5 nitrogen and oxygen atoms in total. The van der Waals surface area contributed by atoms with Crippen molar-refractivity contribution in [2.45, 2.75) is 33.2 Å². The summed E-state index contributed by atoms with van der Waals surface area (Å²) in [6.45, 7) is 7.04. The van der Waals surface area contributed by atoms with Crippen LogP contribution >= 0.6 is 0 Å². The molecule has 0 fully saturated rings. The van der Waals surface area contributed by atoms with E-state index in [0.29, 0.717) is 26.1 Å². The van der Waals surface area contributed by atoms with Gasteiger partial charge in [-0.05, 0) is 26.8 Å². The Kier molecular flexibility index (Phi) is 6.35. The van der Waals surface area contributed by atoms with Gasteiger partial charge in [0.15, 0.2) is 0 Å². The van der Waals surface area contributed by atoms with Gasteiger partial charge < -0.3 is 5.73 Å². The third-order valence-corrected chi connectivity index (χ3v) is 4.62. The molecule has 15 heavy (non-hydrogen) atoms. The molecule has 0 unspecified atom stereocenters. The van der Waals surface area contributed by atoms with Gasteiger partial charge in [-0.2, -0.15) is 17.0 Å². The van der Waals surface area contributed by atoms with E-state index in [9.17, 15) is 8.42 Å². The molecule has 0 saturated carbocycles. The second-order valence-corrected chi connectivity index (χ2v) is 5.74. The molecular formula is C9H23N3O2S. The third kappa shape index (κ3) is 4.06. The fourth-order valence-electron chi connectivity index (χ4n) is 1.15. The monoisotopic (exact) mass is 237 g/mol. The molecule has 0 heterocycles. The van der Waals surface area contributed by atoms with Gasteiger partial charge in [0.05, 0.1) is 0 Å². The Morgan fingerprint density at radius 3 is 2.20 bits per heavy atom. The van der Waals surface area contributed by atoms with E-state index in [1.165, 1.54) is 8.61 Å². The molecule has 0 saturated heterocycles. The van der Waals surface area contributed by atoms with Gasteiger partial charge >= 0.3 is 0 Å². The highest BCUT2D eigenvalue weighted by Gasteiger charge is 2.26. The Labute approximate surface area is 93.4 Å². The first-order valence-corrected chi connectivity index (χ1v) is 6.70. The van der Waals surface area contributed by atoms with E-state index in [1.54, 1.807) is 7.05 Å². The molecule has 2 N–H and O–H groups in total. The largest absolute Gasteiger partial charge is 0.330 e. The molecule has 0 aliphatic rings. The number of nitrogens with two attached hydrogens (primary N) is 1. The SMILES string of the molecule is CCN(CCCN)S(=O)(=O)N(C)C(C)C. The van der Waals surface area contributed by atoms with Crippen molar-refractivity contribution in [1.82, 2.24) is 8.61 Å². The second-order valence-electron chi connectivity index (χ2n) is 3.75. The summed E-state index contributed by atoms with van der Waals surface area (Å²) >= 11 is 0. The van der Waals surface area contributed by atoms with Crippen molar-refractivity contribution >= 4 is 10.2 Å². The third-order valence-electron chi connectivity index (χ3n) is 2.38. The van der Waals surface area contributed by atoms with Crippen molar-refractivity contribution in [1.29, 1.82) is 0 Å². The summed E-state index contributed by atoms with van der Waals surface area (Å²) in [6.07, 6.45) is 0.693. The Hall–Kier alpha value is -0.170. The van der Waals surface area contributed by atoms with Crippen molar-refractivity contribution in [2.75, 3.05) is 26.7 Å². The minimum atomic E-state index is -3.31. The molecule has 0 radical (unpaired) electrons. The molecule has 0 aromatic rings. The summed E-state index contributed by atoms with van der Waals surface area (Å²) in [7, 11) is -1.71. The summed E-state index contributed by atoms with van der Waals surface area (Å²) in [6, 6.07) is -0.0260. The van der Waals surface area contributed by atoms with Crippen LogP contribution in [0.4, 0.5) is 0 Å². The number of nitrogens with zero attached hydrogens (tertiary/aromatic N) is 2. The smallest absolute Gasteiger partial charge is 0.281 e. The van der Waals surface area contributed by atoms with Crippen LogP contribution in [0.1, 0.15) is 27.2 Å². The van der Waals surface area contributed by atoms with Crippen LogP contribution in [-0.2, 0) is 10.2 Å². The van der Waals surface area contributed by atoms with Gasteiger partial charge in [0.25, 0.3) is 10.2 Å². The van der Waals surface area contributed by atoms with Gasteiger partial charge in [-0.3, -0.25) is 0 Å². The quantitative estimate of drug-likeness (QED) is 0.690. The summed E-state index contributed by atoms with van der Waals surface area (Å²) in [4.78, 5) is 0. The molecule has 0 aromatic heterocycles. The van der Waals surface area contributed by atoms with Crippen LogP contribution in [0.5, 0.6) is 0 Å². The maximum absolute atomic E-state index is 12.0. The molecule has 0 amide bonds. The summed E-state index contributed by atoms with van der Waals surface area (Å²) in [5.74, 6) is 0. The first-order valence-electron chi connectivity index (χ1n) is 5.31. The lowest BCUT2D eigenvalue weighted by Gasteiger charge is -2.28. The Bertz CT molecular complexity index is 265. The van der Waals surface area contributed by atoms with Crippen LogP contribution in [0, 0.1) is 0 Å². The minimum absolute atomic E-state index is 0.0260. The van der Waals surface area contributed by atoms with Crippen molar-refractivity contribution in [3.05, 3.63) is 0 Å². The highest BCUT2D eigenvalue weighted by atomic mass is 32.2. The molecule has 6 heteroatoms. The normalized spacial score (nSPS) is 13.1. The van der Waals surface area contributed by atoms with Crippen LogP contribution in [0.3, 0.4) is 0 Å². The molecule has 0 aliphatic carbocycles. The fraction of sp³-hybridized carbons (Fsp3) is 1.00. The number of hydrogen-bond donors (Lipinski definition) is 1.